The summed E-state index contributed by atoms with van der Waals surface area (Å²) in [5.41, 5.74) is 1.72. The van der Waals surface area contributed by atoms with Crippen LogP contribution < -0.4 is 4.74 Å². The van der Waals surface area contributed by atoms with Gasteiger partial charge >= 0.3 is 0 Å². The second-order valence-electron chi connectivity index (χ2n) is 8.28. The first kappa shape index (κ1) is 25.2. The number of ether oxygens (including phenoxy) is 1. The summed E-state index contributed by atoms with van der Waals surface area (Å²) in [4.78, 5) is 8.81. The maximum absolute atomic E-state index is 14.3. The molecule has 0 fully saturated rings. The van der Waals surface area contributed by atoms with Crippen molar-refractivity contribution in [2.45, 2.75) is 97.1 Å². The van der Waals surface area contributed by atoms with Crippen molar-refractivity contribution in [3.63, 3.8) is 0 Å². The van der Waals surface area contributed by atoms with Crippen LogP contribution in [0.2, 0.25) is 0 Å². The Morgan fingerprint density at radius 3 is 2.16 bits per heavy atom. The van der Waals surface area contributed by atoms with E-state index in [-0.39, 0.29) is 18.8 Å². The predicted octanol–water partition coefficient (Wildman–Crippen LogP) is 7.87. The molecule has 172 valence electrons. The molecule has 0 aliphatic rings. The molecular weight excluding hydrogens is 394 g/mol. The van der Waals surface area contributed by atoms with Crippen molar-refractivity contribution in [2.75, 3.05) is 6.61 Å². The molecule has 1 unspecified atom stereocenters. The van der Waals surface area contributed by atoms with Gasteiger partial charge in [-0.25, -0.2) is 18.7 Å². The van der Waals surface area contributed by atoms with Crippen molar-refractivity contribution in [3.8, 4) is 17.1 Å². The highest BCUT2D eigenvalue weighted by atomic mass is 19.1. The molecule has 2 rings (SSSR count). The lowest BCUT2D eigenvalue weighted by Crippen LogP contribution is -2.07. The minimum atomic E-state index is -0.912. The van der Waals surface area contributed by atoms with Gasteiger partial charge in [-0.3, -0.25) is 0 Å². The van der Waals surface area contributed by atoms with E-state index in [1.54, 1.807) is 19.1 Å². The van der Waals surface area contributed by atoms with E-state index in [4.69, 9.17) is 4.74 Å². The predicted molar refractivity (Wildman–Crippen MR) is 124 cm³/mol. The molecule has 5 heteroatoms. The molecule has 0 spiro atoms. The van der Waals surface area contributed by atoms with Crippen LogP contribution in [0.1, 0.15) is 90.0 Å². The Morgan fingerprint density at radius 1 is 0.903 bits per heavy atom. The number of hydrogen-bond acceptors (Lipinski definition) is 3. The largest absolute Gasteiger partial charge is 0.490 e. The van der Waals surface area contributed by atoms with E-state index >= 15 is 0 Å². The number of aryl methyl sites for hydroxylation is 1. The fourth-order valence-electron chi connectivity index (χ4n) is 3.53. The van der Waals surface area contributed by atoms with E-state index in [0.29, 0.717) is 17.8 Å². The SMILES string of the molecule is CCCCCCCCCCCc1cnc(-c2ccc(OCCC(F)CC)c(F)c2)nc1. The van der Waals surface area contributed by atoms with Crippen LogP contribution in [0.5, 0.6) is 5.75 Å². The Balaban J connectivity index is 1.72. The average Bonchev–Trinajstić information content (AvgIpc) is 2.79. The maximum atomic E-state index is 14.3. The molecule has 3 nitrogen and oxygen atoms in total. The summed E-state index contributed by atoms with van der Waals surface area (Å²) in [5, 5.41) is 0. The normalized spacial score (nSPS) is 12.1. The monoisotopic (exact) mass is 432 g/mol. The highest BCUT2D eigenvalue weighted by Gasteiger charge is 2.10. The van der Waals surface area contributed by atoms with Crippen LogP contribution in [0.3, 0.4) is 0 Å². The summed E-state index contributed by atoms with van der Waals surface area (Å²) in [7, 11) is 0. The molecule has 1 aromatic carbocycles. The molecule has 1 atom stereocenters. The molecule has 0 bridgehead atoms. The van der Waals surface area contributed by atoms with Gasteiger partial charge in [0.25, 0.3) is 0 Å². The van der Waals surface area contributed by atoms with Crippen molar-refractivity contribution < 1.29 is 13.5 Å². The standard InChI is InChI=1S/C26H38F2N2O/c1-3-5-6-7-8-9-10-11-12-13-21-19-29-26(30-20-21)22-14-15-25(24(28)18-22)31-17-16-23(27)4-2/h14-15,18-20,23H,3-13,16-17H2,1-2H3. The van der Waals surface area contributed by atoms with Crippen molar-refractivity contribution in [1.29, 1.82) is 0 Å². The Hall–Kier alpha value is -2.04. The molecule has 0 aliphatic carbocycles. The molecular formula is C26H38F2N2O. The summed E-state index contributed by atoms with van der Waals surface area (Å²) in [6, 6.07) is 4.67. The Labute approximate surface area is 186 Å². The molecule has 0 radical (unpaired) electrons. The van der Waals surface area contributed by atoms with Crippen LogP contribution in [0.15, 0.2) is 30.6 Å². The number of alkyl halides is 1. The third kappa shape index (κ3) is 9.75. The van der Waals surface area contributed by atoms with E-state index in [1.165, 1.54) is 57.4 Å². The first-order chi connectivity index (χ1) is 15.1. The molecule has 0 amide bonds. The van der Waals surface area contributed by atoms with Crippen LogP contribution in [-0.2, 0) is 6.42 Å². The van der Waals surface area contributed by atoms with Crippen LogP contribution in [0.4, 0.5) is 8.78 Å². The smallest absolute Gasteiger partial charge is 0.165 e. The van der Waals surface area contributed by atoms with Crippen molar-refractivity contribution in [3.05, 3.63) is 42.0 Å². The number of hydrogen-bond donors (Lipinski definition) is 0. The minimum absolute atomic E-state index is 0.133. The summed E-state index contributed by atoms with van der Waals surface area (Å²) >= 11 is 0. The van der Waals surface area contributed by atoms with Crippen LogP contribution >= 0.6 is 0 Å². The first-order valence-electron chi connectivity index (χ1n) is 12.0. The summed E-state index contributed by atoms with van der Waals surface area (Å²) < 4.78 is 32.9. The second kappa shape index (κ2) is 14.9. The minimum Gasteiger partial charge on any atom is -0.490 e. The summed E-state index contributed by atoms with van der Waals surface area (Å²) in [6.07, 6.45) is 16.2. The quantitative estimate of drug-likeness (QED) is 0.253. The first-order valence-corrected chi connectivity index (χ1v) is 12.0. The third-order valence-electron chi connectivity index (χ3n) is 5.60. The Bertz CT molecular complexity index is 737. The van der Waals surface area contributed by atoms with Crippen molar-refractivity contribution >= 4 is 0 Å². The van der Waals surface area contributed by atoms with Gasteiger partial charge in [0.2, 0.25) is 0 Å². The second-order valence-corrected chi connectivity index (χ2v) is 8.28. The van der Waals surface area contributed by atoms with E-state index in [0.717, 1.165) is 18.4 Å². The Kier molecular flexibility index (Phi) is 12.1. The fourth-order valence-corrected chi connectivity index (χ4v) is 3.53. The zero-order valence-electron chi connectivity index (χ0n) is 19.2. The molecule has 0 saturated heterocycles. The van der Waals surface area contributed by atoms with E-state index in [1.807, 2.05) is 12.4 Å². The van der Waals surface area contributed by atoms with Gasteiger partial charge in [0.15, 0.2) is 17.4 Å². The molecule has 0 saturated carbocycles. The lowest BCUT2D eigenvalue weighted by atomic mass is 10.1. The number of benzene rings is 1. The van der Waals surface area contributed by atoms with Gasteiger partial charge in [-0.1, -0.05) is 65.2 Å². The number of aromatic nitrogens is 2. The zero-order valence-corrected chi connectivity index (χ0v) is 19.2. The van der Waals surface area contributed by atoms with Gasteiger partial charge in [-0.2, -0.15) is 0 Å². The van der Waals surface area contributed by atoms with Crippen LogP contribution in [-0.4, -0.2) is 22.7 Å². The molecule has 1 heterocycles. The highest BCUT2D eigenvalue weighted by molar-refractivity contribution is 5.56. The van der Waals surface area contributed by atoms with Gasteiger partial charge in [0.1, 0.15) is 6.17 Å². The van der Waals surface area contributed by atoms with Crippen molar-refractivity contribution in [2.24, 2.45) is 0 Å². The van der Waals surface area contributed by atoms with Crippen LogP contribution in [0.25, 0.3) is 11.4 Å². The summed E-state index contributed by atoms with van der Waals surface area (Å²) in [5.74, 6) is 0.150. The number of halogens is 2. The molecule has 0 aliphatic heterocycles. The van der Waals surface area contributed by atoms with Gasteiger partial charge in [-0.05, 0) is 43.0 Å². The number of unbranched alkanes of at least 4 members (excludes halogenated alkanes) is 8. The summed E-state index contributed by atoms with van der Waals surface area (Å²) in [6.45, 7) is 4.19. The molecule has 31 heavy (non-hydrogen) atoms. The van der Waals surface area contributed by atoms with E-state index < -0.39 is 12.0 Å². The molecule has 2 aromatic rings. The average molecular weight is 433 g/mol. The van der Waals surface area contributed by atoms with Gasteiger partial charge in [0.05, 0.1) is 6.61 Å². The fraction of sp³-hybridized carbons (Fsp3) is 0.615. The molecule has 0 N–H and O–H groups in total. The third-order valence-corrected chi connectivity index (χ3v) is 5.60. The topological polar surface area (TPSA) is 35.0 Å². The number of nitrogens with zero attached hydrogens (tertiary/aromatic N) is 2. The van der Waals surface area contributed by atoms with Gasteiger partial charge in [0, 0.05) is 24.4 Å². The van der Waals surface area contributed by atoms with E-state index in [2.05, 4.69) is 16.9 Å². The maximum Gasteiger partial charge on any atom is 0.165 e. The van der Waals surface area contributed by atoms with Crippen LogP contribution in [0, 0.1) is 5.82 Å². The highest BCUT2D eigenvalue weighted by Crippen LogP contribution is 2.24. The van der Waals surface area contributed by atoms with Crippen molar-refractivity contribution in [1.82, 2.24) is 9.97 Å². The lowest BCUT2D eigenvalue weighted by molar-refractivity contribution is 0.225. The van der Waals surface area contributed by atoms with Gasteiger partial charge < -0.3 is 4.74 Å². The lowest BCUT2D eigenvalue weighted by Gasteiger charge is -2.10. The number of rotatable bonds is 16. The zero-order chi connectivity index (χ0) is 22.3. The van der Waals surface area contributed by atoms with E-state index in [9.17, 15) is 8.78 Å². The molecule has 1 aromatic heterocycles. The van der Waals surface area contributed by atoms with Gasteiger partial charge in [-0.15, -0.1) is 0 Å². The Morgan fingerprint density at radius 2 is 1.55 bits per heavy atom.